The number of amides is 1. The van der Waals surface area contributed by atoms with Gasteiger partial charge in [0.2, 0.25) is 10.0 Å². The molecule has 9 heteroatoms. The Morgan fingerprint density at radius 3 is 2.50 bits per heavy atom. The van der Waals surface area contributed by atoms with Gasteiger partial charge in [-0.3, -0.25) is 4.79 Å². The molecule has 0 aliphatic carbocycles. The molecular weight excluding hydrogens is 378 g/mol. The van der Waals surface area contributed by atoms with E-state index in [0.29, 0.717) is 37.0 Å². The molecule has 0 spiro atoms. The van der Waals surface area contributed by atoms with Crippen LogP contribution in [-0.2, 0) is 19.6 Å². The molecule has 1 saturated heterocycles. The number of benzene rings is 1. The van der Waals surface area contributed by atoms with E-state index in [-0.39, 0.29) is 16.8 Å². The Labute approximate surface area is 160 Å². The van der Waals surface area contributed by atoms with Crippen LogP contribution in [-0.4, -0.2) is 64.1 Å². The maximum Gasteiger partial charge on any atom is 0.282 e. The Bertz CT molecular complexity index is 732. The number of hydrogen-bond donors (Lipinski definition) is 2. The topological polar surface area (TPSA) is 80.2 Å². The molecular formula is C17H27ClN3O4S+. The fraction of sp³-hybridized carbons (Fsp3) is 0.588. The fourth-order valence-electron chi connectivity index (χ4n) is 2.97. The summed E-state index contributed by atoms with van der Waals surface area (Å²) in [6, 6.07) is 4.11. The van der Waals surface area contributed by atoms with Crippen LogP contribution in [0.15, 0.2) is 23.1 Å². The molecule has 7 nitrogen and oxygen atoms in total. The van der Waals surface area contributed by atoms with Gasteiger partial charge in [0.05, 0.1) is 28.8 Å². The first-order valence-electron chi connectivity index (χ1n) is 8.84. The molecule has 1 atom stereocenters. The molecule has 1 amide bonds. The summed E-state index contributed by atoms with van der Waals surface area (Å²) in [5.74, 6) is -0.193. The van der Waals surface area contributed by atoms with Crippen LogP contribution in [0.1, 0.15) is 20.8 Å². The van der Waals surface area contributed by atoms with Crippen molar-refractivity contribution in [2.24, 2.45) is 0 Å². The number of nitrogens with one attached hydrogen (secondary N) is 2. The highest BCUT2D eigenvalue weighted by Crippen LogP contribution is 2.27. The van der Waals surface area contributed by atoms with E-state index in [9.17, 15) is 13.2 Å². The smallest absolute Gasteiger partial charge is 0.282 e. The number of morpholine rings is 1. The number of nitrogens with zero attached hydrogens (tertiary/aromatic N) is 1. The fourth-order valence-corrected chi connectivity index (χ4v) is 4.62. The van der Waals surface area contributed by atoms with Crippen molar-refractivity contribution >= 4 is 33.2 Å². The lowest BCUT2D eigenvalue weighted by Crippen LogP contribution is -3.18. The third kappa shape index (κ3) is 4.75. The lowest BCUT2D eigenvalue weighted by Gasteiger charge is -2.28. The second-order valence-electron chi connectivity index (χ2n) is 6.21. The molecule has 1 fully saturated rings. The molecule has 0 unspecified atom stereocenters. The summed E-state index contributed by atoms with van der Waals surface area (Å²) in [6.45, 7) is 8.95. The van der Waals surface area contributed by atoms with Crippen LogP contribution in [0, 0.1) is 0 Å². The van der Waals surface area contributed by atoms with E-state index in [4.69, 9.17) is 16.3 Å². The van der Waals surface area contributed by atoms with Gasteiger partial charge in [0.15, 0.2) is 6.04 Å². The maximum atomic E-state index is 12.7. The van der Waals surface area contributed by atoms with E-state index in [2.05, 4.69) is 5.32 Å². The zero-order chi connectivity index (χ0) is 19.3. The lowest BCUT2D eigenvalue weighted by molar-refractivity contribution is -0.921. The van der Waals surface area contributed by atoms with Crippen molar-refractivity contribution in [2.45, 2.75) is 31.7 Å². The normalized spacial score (nSPS) is 17.3. The lowest BCUT2D eigenvalue weighted by atomic mass is 10.2. The first-order valence-corrected chi connectivity index (χ1v) is 10.7. The average molecular weight is 405 g/mol. The van der Waals surface area contributed by atoms with Gasteiger partial charge in [-0.2, -0.15) is 4.31 Å². The molecule has 1 aromatic rings. The van der Waals surface area contributed by atoms with Crippen molar-refractivity contribution in [2.75, 3.05) is 44.7 Å². The van der Waals surface area contributed by atoms with E-state index in [0.717, 1.165) is 18.0 Å². The van der Waals surface area contributed by atoms with E-state index >= 15 is 0 Å². The second-order valence-corrected chi connectivity index (χ2v) is 8.56. The predicted molar refractivity (Wildman–Crippen MR) is 101 cm³/mol. The van der Waals surface area contributed by atoms with Crippen LogP contribution in [0.25, 0.3) is 0 Å². The molecule has 2 N–H and O–H groups in total. The highest BCUT2D eigenvalue weighted by Gasteiger charge is 2.28. The molecule has 1 heterocycles. The predicted octanol–water partition coefficient (Wildman–Crippen LogP) is 0.613. The number of ether oxygens (including phenoxy) is 1. The molecule has 2 rings (SSSR count). The minimum atomic E-state index is -3.62. The Morgan fingerprint density at radius 1 is 1.31 bits per heavy atom. The van der Waals surface area contributed by atoms with Crippen molar-refractivity contribution in [1.29, 1.82) is 0 Å². The van der Waals surface area contributed by atoms with Gasteiger partial charge < -0.3 is 15.0 Å². The monoisotopic (exact) mass is 404 g/mol. The van der Waals surface area contributed by atoms with Crippen molar-refractivity contribution in [3.05, 3.63) is 23.2 Å². The minimum absolute atomic E-state index is 0.118. The van der Waals surface area contributed by atoms with Crippen molar-refractivity contribution in [3.8, 4) is 0 Å². The second kappa shape index (κ2) is 9.14. The standard InChI is InChI=1S/C17H26ClN3O4S/c1-4-21(5-2)26(23,24)14-6-7-15(18)16(12-14)19-17(22)13(3)20-8-10-25-11-9-20/h6-7,12-13H,4-5,8-11H2,1-3H3,(H,19,22)/p+1/t13-/m1/s1. The van der Waals surface area contributed by atoms with Gasteiger partial charge >= 0.3 is 0 Å². The van der Waals surface area contributed by atoms with E-state index in [1.807, 2.05) is 6.92 Å². The summed E-state index contributed by atoms with van der Waals surface area (Å²) in [6.07, 6.45) is 0. The van der Waals surface area contributed by atoms with Gasteiger partial charge in [0.1, 0.15) is 13.1 Å². The number of carbonyl (C=O) groups is 1. The van der Waals surface area contributed by atoms with Gasteiger partial charge in [-0.1, -0.05) is 25.4 Å². The van der Waals surface area contributed by atoms with Crippen LogP contribution in [0.2, 0.25) is 5.02 Å². The highest BCUT2D eigenvalue weighted by atomic mass is 35.5. The molecule has 0 aromatic heterocycles. The van der Waals surface area contributed by atoms with Gasteiger partial charge in [0, 0.05) is 13.1 Å². The number of halogens is 1. The summed E-state index contributed by atoms with van der Waals surface area (Å²) >= 11 is 6.18. The zero-order valence-electron chi connectivity index (χ0n) is 15.4. The largest absolute Gasteiger partial charge is 0.370 e. The highest BCUT2D eigenvalue weighted by molar-refractivity contribution is 7.89. The first-order chi connectivity index (χ1) is 12.3. The summed E-state index contributed by atoms with van der Waals surface area (Å²) in [7, 11) is -3.62. The van der Waals surface area contributed by atoms with E-state index < -0.39 is 10.0 Å². The zero-order valence-corrected chi connectivity index (χ0v) is 17.0. The Hall–Kier alpha value is -1.19. The summed E-state index contributed by atoms with van der Waals surface area (Å²) in [4.78, 5) is 13.8. The number of quaternary nitrogens is 1. The van der Waals surface area contributed by atoms with Crippen LogP contribution >= 0.6 is 11.6 Å². The van der Waals surface area contributed by atoms with Crippen molar-refractivity contribution in [1.82, 2.24) is 4.31 Å². The molecule has 0 bridgehead atoms. The Morgan fingerprint density at radius 2 is 1.92 bits per heavy atom. The number of carbonyl (C=O) groups excluding carboxylic acids is 1. The summed E-state index contributed by atoms with van der Waals surface area (Å²) < 4.78 is 32.0. The number of hydrogen-bond acceptors (Lipinski definition) is 4. The van der Waals surface area contributed by atoms with Gasteiger partial charge in [-0.05, 0) is 25.1 Å². The Balaban J connectivity index is 2.20. The van der Waals surface area contributed by atoms with Crippen molar-refractivity contribution in [3.63, 3.8) is 0 Å². The third-order valence-electron chi connectivity index (χ3n) is 4.68. The molecule has 1 aliphatic rings. The van der Waals surface area contributed by atoms with Crippen LogP contribution in [0.3, 0.4) is 0 Å². The molecule has 1 aliphatic heterocycles. The summed E-state index contributed by atoms with van der Waals surface area (Å²) in [5.41, 5.74) is 0.310. The number of sulfonamides is 1. The van der Waals surface area contributed by atoms with E-state index in [1.54, 1.807) is 13.8 Å². The number of anilines is 1. The molecule has 1 aromatic carbocycles. The van der Waals surface area contributed by atoms with E-state index in [1.165, 1.54) is 22.5 Å². The van der Waals surface area contributed by atoms with Crippen molar-refractivity contribution < 1.29 is 22.8 Å². The van der Waals surface area contributed by atoms with Crippen LogP contribution in [0.5, 0.6) is 0 Å². The summed E-state index contributed by atoms with van der Waals surface area (Å²) in [5, 5.41) is 3.09. The maximum absolute atomic E-state index is 12.7. The van der Waals surface area contributed by atoms with Gasteiger partial charge in [-0.25, -0.2) is 8.42 Å². The SMILES string of the molecule is CCN(CC)S(=O)(=O)c1ccc(Cl)c(NC(=O)[C@@H](C)[NH+]2CCOCC2)c1. The average Bonchev–Trinajstić information content (AvgIpc) is 2.64. The van der Waals surface area contributed by atoms with Gasteiger partial charge in [-0.15, -0.1) is 0 Å². The molecule has 146 valence electrons. The number of rotatable bonds is 7. The quantitative estimate of drug-likeness (QED) is 0.698. The van der Waals surface area contributed by atoms with Crippen LogP contribution in [0.4, 0.5) is 5.69 Å². The minimum Gasteiger partial charge on any atom is -0.370 e. The Kier molecular flexibility index (Phi) is 7.42. The van der Waals surface area contributed by atoms with Gasteiger partial charge in [0.25, 0.3) is 5.91 Å². The third-order valence-corrected chi connectivity index (χ3v) is 7.06. The molecule has 26 heavy (non-hydrogen) atoms. The molecule has 0 saturated carbocycles. The molecule has 0 radical (unpaired) electrons. The van der Waals surface area contributed by atoms with Crippen LogP contribution < -0.4 is 10.2 Å². The first kappa shape index (κ1) is 21.1.